The molecule has 0 radical (unpaired) electrons. The highest BCUT2D eigenvalue weighted by Crippen LogP contribution is 2.23. The van der Waals surface area contributed by atoms with Gasteiger partial charge in [0.1, 0.15) is 6.54 Å². The maximum absolute atomic E-state index is 12.5. The van der Waals surface area contributed by atoms with Crippen molar-refractivity contribution in [2.75, 3.05) is 11.9 Å². The van der Waals surface area contributed by atoms with Crippen LogP contribution in [-0.2, 0) is 14.3 Å². The quantitative estimate of drug-likeness (QED) is 0.613. The van der Waals surface area contributed by atoms with Gasteiger partial charge in [0.15, 0.2) is 6.10 Å². The summed E-state index contributed by atoms with van der Waals surface area (Å²) in [5.41, 5.74) is 3.04. The molecule has 0 heterocycles. The molecule has 0 saturated carbocycles. The van der Waals surface area contributed by atoms with E-state index >= 15 is 0 Å². The number of ether oxygens (including phenoxy) is 1. The van der Waals surface area contributed by atoms with Gasteiger partial charge in [-0.05, 0) is 44.4 Å². The van der Waals surface area contributed by atoms with Crippen LogP contribution in [0.5, 0.6) is 0 Å². The Morgan fingerprint density at radius 3 is 2.33 bits per heavy atom. The number of nitrogens with one attached hydrogen (secondary N) is 2. The van der Waals surface area contributed by atoms with Crippen LogP contribution in [0.4, 0.5) is 5.69 Å². The van der Waals surface area contributed by atoms with Gasteiger partial charge in [0.25, 0.3) is 11.8 Å². The lowest BCUT2D eigenvalue weighted by Crippen LogP contribution is -2.35. The van der Waals surface area contributed by atoms with E-state index in [1.807, 2.05) is 56.3 Å². The van der Waals surface area contributed by atoms with Gasteiger partial charge in [-0.25, -0.2) is 0 Å². The first-order valence-corrected chi connectivity index (χ1v) is 9.68. The zero-order valence-electron chi connectivity index (χ0n) is 17.2. The number of rotatable bonds is 6. The van der Waals surface area contributed by atoms with Crippen LogP contribution in [0.1, 0.15) is 28.4 Å². The van der Waals surface area contributed by atoms with E-state index in [-0.39, 0.29) is 12.5 Å². The van der Waals surface area contributed by atoms with E-state index in [9.17, 15) is 14.4 Å². The molecule has 3 aromatic rings. The molecule has 0 saturated heterocycles. The molecule has 0 aliphatic heterocycles. The molecule has 3 rings (SSSR count). The van der Waals surface area contributed by atoms with Crippen LogP contribution in [0.3, 0.4) is 0 Å². The van der Waals surface area contributed by atoms with Gasteiger partial charge >= 0.3 is 5.97 Å². The Balaban J connectivity index is 1.54. The summed E-state index contributed by atoms with van der Waals surface area (Å²) < 4.78 is 5.16. The van der Waals surface area contributed by atoms with Crippen molar-refractivity contribution in [3.8, 4) is 0 Å². The Hall–Kier alpha value is -3.67. The summed E-state index contributed by atoms with van der Waals surface area (Å²) in [7, 11) is 0. The standard InChI is InChI=1S/C24H24N2O4/c1-15-11-16(2)13-19(12-15)24(29)25-14-22(27)30-17(3)23(28)26-21-10-6-8-18-7-4-5-9-20(18)21/h4-13,17H,14H2,1-3H3,(H,25,29)(H,26,28)/t17-/m0/s1. The molecule has 2 N–H and O–H groups in total. The van der Waals surface area contributed by atoms with Gasteiger partial charge in [0.2, 0.25) is 0 Å². The van der Waals surface area contributed by atoms with E-state index < -0.39 is 18.0 Å². The average Bonchev–Trinajstić information content (AvgIpc) is 2.71. The minimum Gasteiger partial charge on any atom is -0.451 e. The lowest BCUT2D eigenvalue weighted by atomic mass is 10.1. The Kier molecular flexibility index (Phi) is 6.47. The van der Waals surface area contributed by atoms with Crippen molar-refractivity contribution in [3.05, 3.63) is 77.4 Å². The Bertz CT molecular complexity index is 1080. The van der Waals surface area contributed by atoms with Crippen LogP contribution in [0.2, 0.25) is 0 Å². The van der Waals surface area contributed by atoms with Crippen LogP contribution in [0.15, 0.2) is 60.7 Å². The highest BCUT2D eigenvalue weighted by Gasteiger charge is 2.19. The lowest BCUT2D eigenvalue weighted by molar-refractivity contribution is -0.152. The first-order valence-electron chi connectivity index (χ1n) is 9.68. The molecule has 0 aliphatic rings. The minimum atomic E-state index is -1.01. The Morgan fingerprint density at radius 2 is 1.60 bits per heavy atom. The number of hydrogen-bond acceptors (Lipinski definition) is 4. The number of hydrogen-bond donors (Lipinski definition) is 2. The van der Waals surface area contributed by atoms with E-state index in [0.29, 0.717) is 11.3 Å². The molecule has 0 fully saturated rings. The average molecular weight is 404 g/mol. The molecule has 154 valence electrons. The third-order valence-corrected chi connectivity index (χ3v) is 4.60. The first kappa shape index (κ1) is 21.0. The fourth-order valence-electron chi connectivity index (χ4n) is 3.22. The molecule has 2 amide bonds. The molecule has 6 nitrogen and oxygen atoms in total. The maximum Gasteiger partial charge on any atom is 0.326 e. The van der Waals surface area contributed by atoms with Crippen molar-refractivity contribution in [3.63, 3.8) is 0 Å². The normalized spacial score (nSPS) is 11.6. The fourth-order valence-corrected chi connectivity index (χ4v) is 3.22. The number of amides is 2. The van der Waals surface area contributed by atoms with Gasteiger partial charge in [-0.3, -0.25) is 14.4 Å². The van der Waals surface area contributed by atoms with Crippen LogP contribution in [0.25, 0.3) is 10.8 Å². The van der Waals surface area contributed by atoms with Gasteiger partial charge in [0.05, 0.1) is 0 Å². The molecule has 0 unspecified atom stereocenters. The van der Waals surface area contributed by atoms with E-state index in [1.165, 1.54) is 6.92 Å². The number of fused-ring (bicyclic) bond motifs is 1. The zero-order chi connectivity index (χ0) is 21.7. The van der Waals surface area contributed by atoms with Crippen molar-refractivity contribution in [1.29, 1.82) is 0 Å². The Morgan fingerprint density at radius 1 is 0.933 bits per heavy atom. The summed E-state index contributed by atoms with van der Waals surface area (Å²) >= 11 is 0. The molecule has 0 bridgehead atoms. The number of esters is 1. The summed E-state index contributed by atoms with van der Waals surface area (Å²) in [4.78, 5) is 36.8. The van der Waals surface area contributed by atoms with E-state index in [2.05, 4.69) is 10.6 Å². The molecule has 30 heavy (non-hydrogen) atoms. The van der Waals surface area contributed by atoms with Gasteiger partial charge in [-0.1, -0.05) is 53.6 Å². The molecule has 0 aromatic heterocycles. The SMILES string of the molecule is Cc1cc(C)cc(C(=O)NCC(=O)O[C@@H](C)C(=O)Nc2cccc3ccccc23)c1. The summed E-state index contributed by atoms with van der Waals surface area (Å²) in [6, 6.07) is 18.7. The molecule has 1 atom stereocenters. The highest BCUT2D eigenvalue weighted by molar-refractivity contribution is 6.04. The van der Waals surface area contributed by atoms with Gasteiger partial charge in [-0.15, -0.1) is 0 Å². The van der Waals surface area contributed by atoms with Gasteiger partial charge in [0, 0.05) is 16.6 Å². The topological polar surface area (TPSA) is 84.5 Å². The summed E-state index contributed by atoms with van der Waals surface area (Å²) in [6.07, 6.45) is -1.01. The van der Waals surface area contributed by atoms with E-state index in [1.54, 1.807) is 18.2 Å². The number of benzene rings is 3. The molecule has 3 aromatic carbocycles. The fraction of sp³-hybridized carbons (Fsp3) is 0.208. The highest BCUT2D eigenvalue weighted by atomic mass is 16.5. The largest absolute Gasteiger partial charge is 0.451 e. The minimum absolute atomic E-state index is 0.322. The predicted octanol–water partition coefficient (Wildman–Crippen LogP) is 3.76. The molecule has 0 aliphatic carbocycles. The molecule has 6 heteroatoms. The van der Waals surface area contributed by atoms with Gasteiger partial charge in [-0.2, -0.15) is 0 Å². The third kappa shape index (κ3) is 5.23. The summed E-state index contributed by atoms with van der Waals surface area (Å²) in [6.45, 7) is 4.96. The summed E-state index contributed by atoms with van der Waals surface area (Å²) in [5.74, 6) is -1.50. The van der Waals surface area contributed by atoms with Crippen molar-refractivity contribution >= 4 is 34.2 Å². The van der Waals surface area contributed by atoms with E-state index in [4.69, 9.17) is 4.74 Å². The maximum atomic E-state index is 12.5. The molecule has 0 spiro atoms. The number of aryl methyl sites for hydroxylation is 2. The monoisotopic (exact) mass is 404 g/mol. The molecular weight excluding hydrogens is 380 g/mol. The molecular formula is C24H24N2O4. The van der Waals surface area contributed by atoms with Crippen LogP contribution >= 0.6 is 0 Å². The second-order valence-electron chi connectivity index (χ2n) is 7.21. The lowest BCUT2D eigenvalue weighted by Gasteiger charge is -2.15. The third-order valence-electron chi connectivity index (χ3n) is 4.60. The second-order valence-corrected chi connectivity index (χ2v) is 7.21. The number of carbonyl (C=O) groups excluding carboxylic acids is 3. The number of anilines is 1. The second kappa shape index (κ2) is 9.22. The first-order chi connectivity index (χ1) is 14.3. The van der Waals surface area contributed by atoms with Crippen LogP contribution in [0, 0.1) is 13.8 Å². The van der Waals surface area contributed by atoms with Crippen molar-refractivity contribution in [2.45, 2.75) is 26.9 Å². The van der Waals surface area contributed by atoms with Crippen molar-refractivity contribution in [2.24, 2.45) is 0 Å². The van der Waals surface area contributed by atoms with Gasteiger partial charge < -0.3 is 15.4 Å². The van der Waals surface area contributed by atoms with Crippen LogP contribution < -0.4 is 10.6 Å². The smallest absolute Gasteiger partial charge is 0.326 e. The van der Waals surface area contributed by atoms with Crippen LogP contribution in [-0.4, -0.2) is 30.4 Å². The van der Waals surface area contributed by atoms with Crippen molar-refractivity contribution in [1.82, 2.24) is 5.32 Å². The Labute approximate surface area is 175 Å². The zero-order valence-corrected chi connectivity index (χ0v) is 17.2. The van der Waals surface area contributed by atoms with E-state index in [0.717, 1.165) is 21.9 Å². The summed E-state index contributed by atoms with van der Waals surface area (Å²) in [5, 5.41) is 7.21. The number of carbonyl (C=O) groups is 3. The predicted molar refractivity (Wildman–Crippen MR) is 116 cm³/mol. The van der Waals surface area contributed by atoms with Crippen molar-refractivity contribution < 1.29 is 19.1 Å².